The van der Waals surface area contributed by atoms with Gasteiger partial charge in [0, 0.05) is 50.0 Å². The van der Waals surface area contributed by atoms with E-state index in [4.69, 9.17) is 10.5 Å². The number of likely N-dealkylation sites (tertiary alicyclic amines) is 1. The number of Topliss-reactive ketones (excluding diaryl/α,β-unsaturated/α-hetero) is 1. The van der Waals surface area contributed by atoms with Crippen molar-refractivity contribution in [2.75, 3.05) is 44.2 Å². The molecule has 0 aromatic heterocycles. The summed E-state index contributed by atoms with van der Waals surface area (Å²) in [5.41, 5.74) is 7.54. The van der Waals surface area contributed by atoms with Gasteiger partial charge in [0.1, 0.15) is 24.8 Å². The van der Waals surface area contributed by atoms with Crippen LogP contribution in [0.3, 0.4) is 0 Å². The minimum absolute atomic E-state index is 0. The number of benzene rings is 1. The van der Waals surface area contributed by atoms with Crippen LogP contribution in [-0.4, -0.2) is 97.0 Å². The number of hydrogen-bond acceptors (Lipinski definition) is 7. The van der Waals surface area contributed by atoms with Crippen LogP contribution in [0.1, 0.15) is 58.8 Å². The van der Waals surface area contributed by atoms with Gasteiger partial charge in [0.2, 0.25) is 5.91 Å². The Hall–Kier alpha value is -1.44. The Labute approximate surface area is 261 Å². The van der Waals surface area contributed by atoms with E-state index < -0.39 is 24.2 Å². The molecule has 0 bridgehead atoms. The largest absolute Gasteiger partial charge is 0.369 e. The third-order valence-electron chi connectivity index (χ3n) is 7.47. The van der Waals surface area contributed by atoms with Crippen LogP contribution in [0.15, 0.2) is 24.3 Å². The van der Waals surface area contributed by atoms with Crippen molar-refractivity contribution in [2.45, 2.75) is 78.7 Å². The van der Waals surface area contributed by atoms with Crippen LogP contribution in [0.25, 0.3) is 0 Å². The molecule has 12 heteroatoms. The number of ketones is 1. The summed E-state index contributed by atoms with van der Waals surface area (Å²) in [6.45, 7) is 14.7. The number of amides is 2. The first-order valence-electron chi connectivity index (χ1n) is 13.0. The molecule has 40 heavy (non-hydrogen) atoms. The van der Waals surface area contributed by atoms with E-state index in [1.54, 1.807) is 0 Å². The van der Waals surface area contributed by atoms with Gasteiger partial charge in [-0.3, -0.25) is 19.3 Å². The fraction of sp³-hybridized carbons (Fsp3) is 0.679. The molecule has 3 aliphatic heterocycles. The van der Waals surface area contributed by atoms with Gasteiger partial charge >= 0.3 is 0 Å². The fourth-order valence-corrected chi connectivity index (χ4v) is 5.49. The van der Waals surface area contributed by atoms with Gasteiger partial charge in [-0.15, -0.1) is 0 Å². The van der Waals surface area contributed by atoms with Gasteiger partial charge in [-0.05, 0) is 49.9 Å². The smallest absolute Gasteiger partial charge is 0.251 e. The summed E-state index contributed by atoms with van der Waals surface area (Å²) < 4.78 is 5.53. The fourth-order valence-electron chi connectivity index (χ4n) is 5.49. The maximum Gasteiger partial charge on any atom is 0.251 e. The van der Waals surface area contributed by atoms with Crippen LogP contribution in [0.5, 0.6) is 0 Å². The Morgan fingerprint density at radius 2 is 1.62 bits per heavy atom. The molecule has 0 saturated carbocycles. The molecule has 3 heterocycles. The summed E-state index contributed by atoms with van der Waals surface area (Å²) in [6.07, 6.45) is -0.0316. The van der Waals surface area contributed by atoms with Crippen molar-refractivity contribution in [3.8, 4) is 0 Å². The maximum absolute atomic E-state index is 13.6. The first-order chi connectivity index (χ1) is 16.9. The van der Waals surface area contributed by atoms with Gasteiger partial charge in [-0.1, -0.05) is 28.2 Å². The predicted octanol–water partition coefficient (Wildman–Crippen LogP) is 2.23. The molecule has 3 fully saturated rings. The third-order valence-corrected chi connectivity index (χ3v) is 7.47. The average molecular weight is 618 g/mol. The van der Waals surface area contributed by atoms with E-state index in [2.05, 4.69) is 29.0 Å². The van der Waals surface area contributed by atoms with E-state index in [0.29, 0.717) is 18.0 Å². The van der Waals surface area contributed by atoms with Crippen molar-refractivity contribution in [1.82, 2.24) is 15.1 Å². The first-order valence-corrected chi connectivity index (χ1v) is 13.0. The predicted molar refractivity (Wildman–Crippen MR) is 177 cm³/mol. The van der Waals surface area contributed by atoms with Crippen molar-refractivity contribution >= 4 is 63.8 Å². The number of nitrogens with one attached hydrogen (secondary N) is 1. The zero-order chi connectivity index (χ0) is 26.2. The Balaban J connectivity index is 0.00000380. The number of hydrogen-bond donors (Lipinski definition) is 2. The molecule has 1 aromatic rings. The van der Waals surface area contributed by atoms with Crippen molar-refractivity contribution < 1.29 is 19.1 Å². The molecule has 0 radical (unpaired) electrons. The van der Waals surface area contributed by atoms with Gasteiger partial charge in [-0.25, -0.2) is 0 Å². The van der Waals surface area contributed by atoms with Crippen LogP contribution < -0.4 is 16.0 Å². The molecule has 3 N–H and O–H groups in total. The average Bonchev–Trinajstić information content (AvgIpc) is 3.37. The molecule has 0 spiro atoms. The normalized spacial score (nSPS) is 23.3. The number of carbonyl (C=O) groups is 3. The van der Waals surface area contributed by atoms with Gasteiger partial charge in [-0.2, -0.15) is 40.5 Å². The monoisotopic (exact) mass is 617 g/mol. The van der Waals surface area contributed by atoms with E-state index in [1.807, 2.05) is 45.0 Å². The minimum atomic E-state index is -0.763. The van der Waals surface area contributed by atoms with E-state index in [-0.39, 0.29) is 84.1 Å². The number of ether oxygens (including phenoxy) is 1. The number of carbonyl (C=O) groups excluding carboxylic acids is 3. The highest BCUT2D eigenvalue weighted by Crippen LogP contribution is 2.29. The lowest BCUT2D eigenvalue weighted by Gasteiger charge is -2.38. The second kappa shape index (κ2) is 15.7. The Morgan fingerprint density at radius 3 is 2.15 bits per heavy atom. The number of nitrogens with two attached hydrogens (primary N) is 1. The summed E-state index contributed by atoms with van der Waals surface area (Å²) in [6, 6.07) is 6.28. The summed E-state index contributed by atoms with van der Waals surface area (Å²) in [7, 11) is 0. The molecule has 3 aliphatic rings. The summed E-state index contributed by atoms with van der Waals surface area (Å²) in [4.78, 5) is 45.5. The molecule has 2 amide bonds. The van der Waals surface area contributed by atoms with Gasteiger partial charge in [0.25, 0.3) is 5.91 Å². The quantitative estimate of drug-likeness (QED) is 0.504. The van der Waals surface area contributed by atoms with Gasteiger partial charge in [0.15, 0.2) is 5.78 Å². The second-order valence-corrected chi connectivity index (χ2v) is 11.8. The zero-order valence-electron chi connectivity index (χ0n) is 23.7. The van der Waals surface area contributed by atoms with Crippen LogP contribution in [0, 0.1) is 5.41 Å². The van der Waals surface area contributed by atoms with Crippen molar-refractivity contribution in [2.24, 2.45) is 11.1 Å². The second-order valence-electron chi connectivity index (χ2n) is 11.8. The summed E-state index contributed by atoms with van der Waals surface area (Å²) >= 11 is 0. The molecular weight excluding hydrogens is 567 g/mol. The molecule has 0 unspecified atom stereocenters. The Bertz CT molecular complexity index is 981. The van der Waals surface area contributed by atoms with Gasteiger partial charge in [0.05, 0.1) is 6.04 Å². The highest BCUT2D eigenvalue weighted by molar-refractivity contribution is 7.59. The molecule has 0 aliphatic carbocycles. The maximum atomic E-state index is 13.6. The van der Waals surface area contributed by atoms with E-state index in [0.717, 1.165) is 31.9 Å². The van der Waals surface area contributed by atoms with Crippen molar-refractivity contribution in [3.05, 3.63) is 29.8 Å². The molecular formula is C28H51N5O4S3. The number of nitrogens with zero attached hydrogens (tertiary/aromatic N) is 3. The van der Waals surface area contributed by atoms with E-state index in [1.165, 1.54) is 4.90 Å². The summed E-state index contributed by atoms with van der Waals surface area (Å²) in [5, 5.41) is 2.95. The number of rotatable bonds is 6. The molecule has 4 atom stereocenters. The lowest BCUT2D eigenvalue weighted by molar-refractivity contribution is -0.138. The molecule has 9 nitrogen and oxygen atoms in total. The number of piperazine rings is 1. The van der Waals surface area contributed by atoms with Crippen LogP contribution in [0.2, 0.25) is 0 Å². The third kappa shape index (κ3) is 8.78. The topological polar surface area (TPSA) is 108 Å². The highest BCUT2D eigenvalue weighted by atomic mass is 32.1. The van der Waals surface area contributed by atoms with Crippen molar-refractivity contribution in [3.63, 3.8) is 0 Å². The minimum Gasteiger partial charge on any atom is -0.369 e. The molecule has 230 valence electrons. The van der Waals surface area contributed by atoms with Crippen LogP contribution in [0.4, 0.5) is 5.69 Å². The Morgan fingerprint density at radius 1 is 1.05 bits per heavy atom. The lowest BCUT2D eigenvalue weighted by atomic mass is 9.87. The van der Waals surface area contributed by atoms with Crippen LogP contribution in [-0.2, 0) is 14.3 Å². The Kier molecular flexibility index (Phi) is 15.1. The SMILES string of the molecule is C.CC(C)N1CCN(c2ccc(C(=O)N[C@@H](CC(C)(C)C)C(=O)N3C[C@H](N)[C@H]4OCC(=O)[C@H]43)cc2)CC1.S.S.S. The van der Waals surface area contributed by atoms with Crippen molar-refractivity contribution in [1.29, 1.82) is 0 Å². The highest BCUT2D eigenvalue weighted by Gasteiger charge is 2.52. The van der Waals surface area contributed by atoms with Gasteiger partial charge < -0.3 is 25.6 Å². The lowest BCUT2D eigenvalue weighted by Crippen LogP contribution is -2.53. The molecule has 3 saturated heterocycles. The number of fused-ring (bicyclic) bond motifs is 1. The van der Waals surface area contributed by atoms with Crippen LogP contribution >= 0.6 is 40.5 Å². The number of anilines is 1. The zero-order valence-corrected chi connectivity index (χ0v) is 26.7. The first kappa shape index (κ1) is 38.6. The van der Waals surface area contributed by atoms with E-state index in [9.17, 15) is 14.4 Å². The molecule has 1 aromatic carbocycles. The summed E-state index contributed by atoms with van der Waals surface area (Å²) in [5.74, 6) is -0.713. The van der Waals surface area contributed by atoms with E-state index >= 15 is 0 Å². The molecule has 4 rings (SSSR count). The standard InChI is InChI=1S/C27H41N5O4.CH4.3H2S/c1-17(2)30-10-12-31(13-11-30)19-8-6-18(7-9-19)25(34)29-21(14-27(3,4)5)26(35)32-15-20(28)24-23(32)22(33)16-36-24;;;;/h6-9,17,20-21,23-24H,10-16,28H2,1-5H3,(H,29,34);1H4;3*1H2/t20-,21-,23+,24+;;;;/m0..../s1.